The summed E-state index contributed by atoms with van der Waals surface area (Å²) in [6, 6.07) is 17.2. The third-order valence-corrected chi connectivity index (χ3v) is 12.1. The number of benzene rings is 2. The van der Waals surface area contributed by atoms with Crippen molar-refractivity contribution in [3.8, 4) is 0 Å². The Morgan fingerprint density at radius 3 is 1.61 bits per heavy atom. The highest BCUT2D eigenvalue weighted by Crippen LogP contribution is 2.38. The molecular weight excluding hydrogens is 589 g/mol. The Labute approximate surface area is 266 Å². The minimum Gasteiger partial charge on any atom is -0.393 e. The van der Waals surface area contributed by atoms with Crippen LogP contribution >= 0.6 is 23.5 Å². The molecule has 4 heterocycles. The van der Waals surface area contributed by atoms with E-state index in [9.17, 15) is 10.2 Å². The topological polar surface area (TPSA) is 121 Å². The largest absolute Gasteiger partial charge is 0.393 e. The molecule has 0 amide bonds. The quantitative estimate of drug-likeness (QED) is 0.126. The van der Waals surface area contributed by atoms with Gasteiger partial charge in [0.1, 0.15) is 15.7 Å². The molecule has 2 aromatic heterocycles. The number of rotatable bonds is 9. The molecule has 0 radical (unpaired) electrons. The number of anilines is 2. The number of aliphatic imine (C=N–C) groups is 2. The molecule has 6 N–H and O–H groups in total. The van der Waals surface area contributed by atoms with E-state index in [0.717, 1.165) is 54.7 Å². The summed E-state index contributed by atoms with van der Waals surface area (Å²) in [5, 5.41) is 34.0. The molecule has 44 heavy (non-hydrogen) atoms. The van der Waals surface area contributed by atoms with Crippen molar-refractivity contribution in [2.45, 2.75) is 81.1 Å². The molecule has 10 heteroatoms. The third-order valence-electron chi connectivity index (χ3n) is 9.91. The normalized spacial score (nSPS) is 23.2. The van der Waals surface area contributed by atoms with Gasteiger partial charge < -0.3 is 30.8 Å². The van der Waals surface area contributed by atoms with E-state index < -0.39 is 17.7 Å². The Hall–Kier alpha value is -2.92. The van der Waals surface area contributed by atoms with E-state index in [1.54, 1.807) is 23.5 Å². The van der Waals surface area contributed by atoms with Gasteiger partial charge in [0.2, 0.25) is 0 Å². The van der Waals surface area contributed by atoms with Crippen LogP contribution in [0.1, 0.15) is 62.8 Å². The number of aromatic nitrogens is 2. The van der Waals surface area contributed by atoms with Gasteiger partial charge in [-0.25, -0.2) is 0 Å². The fourth-order valence-corrected chi connectivity index (χ4v) is 9.64. The van der Waals surface area contributed by atoms with Crippen LogP contribution in [0.3, 0.4) is 0 Å². The molecule has 2 saturated carbocycles. The molecule has 8 rings (SSSR count). The maximum absolute atomic E-state index is 11.9. The van der Waals surface area contributed by atoms with Crippen LogP contribution in [0.4, 0.5) is 11.4 Å². The third kappa shape index (κ3) is 5.23. The Balaban J connectivity index is 1.02. The van der Waals surface area contributed by atoms with Gasteiger partial charge in [-0.1, -0.05) is 49.9 Å². The van der Waals surface area contributed by atoms with Crippen molar-refractivity contribution in [2.75, 3.05) is 28.7 Å². The maximum Gasteiger partial charge on any atom is 0.134 e. The molecule has 0 spiro atoms. The van der Waals surface area contributed by atoms with Gasteiger partial charge in [0.05, 0.1) is 52.5 Å². The predicted molar refractivity (Wildman–Crippen MR) is 186 cm³/mol. The number of nitrogens with zero attached hydrogens (tertiary/aromatic N) is 2. The number of fused-ring (bicyclic) bond motifs is 2. The zero-order valence-corrected chi connectivity index (χ0v) is 26.4. The Morgan fingerprint density at radius 2 is 1.18 bits per heavy atom. The highest BCUT2D eigenvalue weighted by atomic mass is 32.2. The number of hydrogen-bond acceptors (Lipinski definition) is 8. The first-order valence-corrected chi connectivity index (χ1v) is 18.1. The van der Waals surface area contributed by atoms with E-state index in [1.165, 1.54) is 51.4 Å². The highest BCUT2D eigenvalue weighted by molar-refractivity contribution is 8.15. The molecule has 8 nitrogen and oxygen atoms in total. The molecular formula is C34H40N6O2S2. The van der Waals surface area contributed by atoms with Gasteiger partial charge in [-0.2, -0.15) is 0 Å². The summed E-state index contributed by atoms with van der Waals surface area (Å²) < 4.78 is 0. The molecule has 4 aromatic rings. The van der Waals surface area contributed by atoms with Crippen LogP contribution in [0.25, 0.3) is 21.8 Å². The fraction of sp³-hybridized carbons (Fsp3) is 0.471. The summed E-state index contributed by atoms with van der Waals surface area (Å²) >= 11 is 3.26. The number of hydrogen-bond donors (Lipinski definition) is 6. The molecule has 2 aromatic carbocycles. The predicted octanol–water partition coefficient (Wildman–Crippen LogP) is 6.51. The molecule has 0 bridgehead atoms. The average Bonchev–Trinajstić information content (AvgIpc) is 3.88. The van der Waals surface area contributed by atoms with E-state index in [2.05, 4.69) is 69.1 Å². The molecule has 4 aliphatic rings. The van der Waals surface area contributed by atoms with Crippen molar-refractivity contribution in [3.63, 3.8) is 0 Å². The van der Waals surface area contributed by atoms with Crippen LogP contribution in [0, 0.1) is 0 Å². The minimum absolute atomic E-state index is 0.388. The van der Waals surface area contributed by atoms with Gasteiger partial charge in [0.15, 0.2) is 0 Å². The molecule has 0 saturated heterocycles. The number of H-pyrrole nitrogens is 2. The molecule has 2 aliphatic carbocycles. The lowest BCUT2D eigenvalue weighted by Crippen LogP contribution is -2.54. The van der Waals surface area contributed by atoms with Crippen LogP contribution in [0.2, 0.25) is 0 Å². The van der Waals surface area contributed by atoms with Crippen molar-refractivity contribution in [1.82, 2.24) is 9.97 Å². The van der Waals surface area contributed by atoms with Gasteiger partial charge in [-0.15, -0.1) is 23.5 Å². The lowest BCUT2D eigenvalue weighted by molar-refractivity contribution is -0.0416. The number of aliphatic hydroxyl groups excluding tert-OH is 1. The van der Waals surface area contributed by atoms with Gasteiger partial charge in [0, 0.05) is 34.4 Å². The van der Waals surface area contributed by atoms with Crippen molar-refractivity contribution in [1.29, 1.82) is 0 Å². The molecule has 2 atom stereocenters. The number of nitrogens with one attached hydrogen (secondary N) is 4. The molecule has 2 aliphatic heterocycles. The summed E-state index contributed by atoms with van der Waals surface area (Å²) in [5.41, 5.74) is 4.94. The van der Waals surface area contributed by atoms with E-state index in [0.29, 0.717) is 23.6 Å². The van der Waals surface area contributed by atoms with Crippen molar-refractivity contribution >= 4 is 66.8 Å². The van der Waals surface area contributed by atoms with Crippen molar-refractivity contribution in [2.24, 2.45) is 9.98 Å². The van der Waals surface area contributed by atoms with E-state index >= 15 is 0 Å². The maximum atomic E-state index is 11.9. The number of para-hydroxylation sites is 2. The zero-order chi connectivity index (χ0) is 29.7. The summed E-state index contributed by atoms with van der Waals surface area (Å²) in [6.45, 7) is -0.388. The molecule has 2 fully saturated rings. The second kappa shape index (κ2) is 11.8. The Morgan fingerprint density at radius 1 is 0.727 bits per heavy atom. The highest BCUT2D eigenvalue weighted by Gasteiger charge is 2.48. The van der Waals surface area contributed by atoms with Gasteiger partial charge >= 0.3 is 0 Å². The summed E-state index contributed by atoms with van der Waals surface area (Å²) in [7, 11) is 0. The van der Waals surface area contributed by atoms with Gasteiger partial charge in [-0.05, 0) is 49.9 Å². The van der Waals surface area contributed by atoms with E-state index in [-0.39, 0.29) is 6.61 Å². The molecule has 230 valence electrons. The van der Waals surface area contributed by atoms with Gasteiger partial charge in [0.25, 0.3) is 0 Å². The smallest absolute Gasteiger partial charge is 0.134 e. The number of aliphatic hydroxyl groups is 2. The first-order chi connectivity index (χ1) is 21.6. The Bertz CT molecular complexity index is 1610. The van der Waals surface area contributed by atoms with Crippen LogP contribution in [0.5, 0.6) is 0 Å². The standard InChI is InChI=1S/C34H40N6O2S2/c41-19-34(42,28-17-43-32(39-28)26-15-20-7-5-13-24(30(20)37-26)35-22-9-1-2-10-22)29-18-44-33(40-29)27-16-21-8-6-14-25(31(21)38-27)36-23-11-3-4-12-23/h5-8,13-16,22-23,28-29,35-38,41-42H,1-4,9-12,17-19H2/t28-,29-/m0/s1. The second-order valence-electron chi connectivity index (χ2n) is 12.8. The summed E-state index contributed by atoms with van der Waals surface area (Å²) in [6.07, 6.45) is 10.0. The minimum atomic E-state index is -1.44. The first-order valence-electron chi connectivity index (χ1n) is 16.1. The number of aromatic amines is 2. The summed E-state index contributed by atoms with van der Waals surface area (Å²) in [5.74, 6) is 1.20. The summed E-state index contributed by atoms with van der Waals surface area (Å²) in [4.78, 5) is 17.2. The van der Waals surface area contributed by atoms with Crippen LogP contribution in [0.15, 0.2) is 58.5 Å². The monoisotopic (exact) mass is 628 g/mol. The van der Waals surface area contributed by atoms with Crippen molar-refractivity contribution < 1.29 is 10.2 Å². The van der Waals surface area contributed by atoms with E-state index in [1.807, 2.05) is 0 Å². The van der Waals surface area contributed by atoms with Gasteiger partial charge in [-0.3, -0.25) is 9.98 Å². The Kier molecular flexibility index (Phi) is 7.64. The van der Waals surface area contributed by atoms with Crippen LogP contribution in [-0.4, -0.2) is 78.1 Å². The first kappa shape index (κ1) is 28.5. The van der Waals surface area contributed by atoms with Crippen LogP contribution in [-0.2, 0) is 0 Å². The lowest BCUT2D eigenvalue weighted by Gasteiger charge is -2.33. The molecule has 0 unspecified atom stereocenters. The number of thioether (sulfide) groups is 2. The van der Waals surface area contributed by atoms with E-state index in [4.69, 9.17) is 9.98 Å². The lowest BCUT2D eigenvalue weighted by atomic mass is 9.89. The second-order valence-corrected chi connectivity index (χ2v) is 14.8. The zero-order valence-electron chi connectivity index (χ0n) is 24.8. The van der Waals surface area contributed by atoms with Crippen molar-refractivity contribution in [3.05, 3.63) is 59.9 Å². The average molecular weight is 629 g/mol. The SMILES string of the molecule is OCC(O)([C@@H]1CSC(c2cc3cccc(NC4CCCC4)c3[nH]2)=N1)[C@@H]1CSC(c2cc3cccc(NC4CCCC4)c3[nH]2)=N1. The van der Waals surface area contributed by atoms with Crippen LogP contribution < -0.4 is 10.6 Å². The fourth-order valence-electron chi connectivity index (χ4n) is 7.35.